The third kappa shape index (κ3) is 3.12. The fraction of sp³-hybridized carbons (Fsp3) is 0. The van der Waals surface area contributed by atoms with E-state index in [4.69, 9.17) is 4.42 Å². The van der Waals surface area contributed by atoms with Crippen LogP contribution >= 0.6 is 0 Å². The number of hydrogen-bond acceptors (Lipinski definition) is 6. The molecular formula is C19H12N4O5. The molecule has 4 aromatic rings. The molecule has 0 spiro atoms. The summed E-state index contributed by atoms with van der Waals surface area (Å²) < 4.78 is 5.79. The molecule has 2 N–H and O–H groups in total. The fourth-order valence-corrected chi connectivity index (χ4v) is 2.85. The minimum absolute atomic E-state index is 0.219. The van der Waals surface area contributed by atoms with E-state index in [1.807, 2.05) is 35.3 Å². The van der Waals surface area contributed by atoms with E-state index in [0.29, 0.717) is 11.5 Å². The number of nitrogens with one attached hydrogen (secondary N) is 2. The lowest BCUT2D eigenvalue weighted by molar-refractivity contribution is -0.386. The predicted molar refractivity (Wildman–Crippen MR) is 103 cm³/mol. The summed E-state index contributed by atoms with van der Waals surface area (Å²) in [5, 5.41) is 12.0. The SMILES string of the molecule is O=c1[nH]c(/C=C/c2ccc(-c3cccc4cccnc34)o2)c([N+](=O)[O-])c(=O)[nH]1. The van der Waals surface area contributed by atoms with Crippen molar-refractivity contribution in [2.24, 2.45) is 0 Å². The smallest absolute Gasteiger partial charge is 0.357 e. The van der Waals surface area contributed by atoms with Crippen molar-refractivity contribution in [3.05, 3.63) is 91.1 Å². The number of hydrogen-bond donors (Lipinski definition) is 2. The largest absolute Gasteiger partial charge is 0.457 e. The number of aromatic nitrogens is 3. The Labute approximate surface area is 156 Å². The molecule has 0 aliphatic heterocycles. The van der Waals surface area contributed by atoms with Crippen molar-refractivity contribution in [1.29, 1.82) is 0 Å². The number of H-pyrrole nitrogens is 2. The van der Waals surface area contributed by atoms with E-state index in [0.717, 1.165) is 16.5 Å². The Kier molecular flexibility index (Phi) is 4.17. The highest BCUT2D eigenvalue weighted by molar-refractivity contribution is 5.92. The molecule has 0 radical (unpaired) electrons. The topological polar surface area (TPSA) is 135 Å². The van der Waals surface area contributed by atoms with Gasteiger partial charge in [0.1, 0.15) is 17.2 Å². The van der Waals surface area contributed by atoms with Gasteiger partial charge in [0.15, 0.2) is 0 Å². The molecule has 0 fully saturated rings. The van der Waals surface area contributed by atoms with E-state index >= 15 is 0 Å². The monoisotopic (exact) mass is 376 g/mol. The summed E-state index contributed by atoms with van der Waals surface area (Å²) in [6.45, 7) is 0. The molecule has 0 atom stereocenters. The van der Waals surface area contributed by atoms with Crippen LogP contribution in [0.15, 0.2) is 62.7 Å². The Balaban J connectivity index is 1.73. The number of aromatic amines is 2. The molecule has 3 heterocycles. The quantitative estimate of drug-likeness (QED) is 0.415. The summed E-state index contributed by atoms with van der Waals surface area (Å²) in [4.78, 5) is 41.7. The summed E-state index contributed by atoms with van der Waals surface area (Å²) >= 11 is 0. The van der Waals surface area contributed by atoms with E-state index in [1.54, 1.807) is 18.3 Å². The molecule has 0 saturated heterocycles. The second-order valence-corrected chi connectivity index (χ2v) is 5.84. The first kappa shape index (κ1) is 17.2. The van der Waals surface area contributed by atoms with Gasteiger partial charge in [-0.05, 0) is 36.4 Å². The Morgan fingerprint density at radius 3 is 2.68 bits per heavy atom. The maximum Gasteiger partial charge on any atom is 0.357 e. The minimum atomic E-state index is -1.07. The van der Waals surface area contributed by atoms with Gasteiger partial charge in [-0.15, -0.1) is 0 Å². The van der Waals surface area contributed by atoms with Crippen molar-refractivity contribution in [3.63, 3.8) is 0 Å². The van der Waals surface area contributed by atoms with E-state index in [-0.39, 0.29) is 5.69 Å². The number of pyridine rings is 1. The number of rotatable bonds is 4. The highest BCUT2D eigenvalue weighted by atomic mass is 16.6. The van der Waals surface area contributed by atoms with Crippen LogP contribution in [0.3, 0.4) is 0 Å². The van der Waals surface area contributed by atoms with Gasteiger partial charge in [0.05, 0.1) is 10.4 Å². The first-order valence-corrected chi connectivity index (χ1v) is 8.16. The molecule has 0 amide bonds. The van der Waals surface area contributed by atoms with Gasteiger partial charge in [-0.1, -0.05) is 18.2 Å². The molecule has 0 aliphatic rings. The molecule has 138 valence electrons. The number of nitro groups is 1. The van der Waals surface area contributed by atoms with Crippen molar-refractivity contribution >= 4 is 28.7 Å². The molecule has 9 heteroatoms. The lowest BCUT2D eigenvalue weighted by Crippen LogP contribution is -2.25. The summed E-state index contributed by atoms with van der Waals surface area (Å²) in [6, 6.07) is 12.9. The van der Waals surface area contributed by atoms with Gasteiger partial charge in [0.25, 0.3) is 0 Å². The Bertz CT molecular complexity index is 1340. The zero-order valence-corrected chi connectivity index (χ0v) is 14.2. The molecule has 0 aliphatic carbocycles. The zero-order valence-electron chi connectivity index (χ0n) is 14.2. The van der Waals surface area contributed by atoms with E-state index in [2.05, 4.69) is 9.97 Å². The number of nitrogens with zero attached hydrogens (tertiary/aromatic N) is 2. The molecule has 0 saturated carbocycles. The first-order valence-electron chi connectivity index (χ1n) is 8.16. The van der Waals surface area contributed by atoms with Crippen molar-refractivity contribution in [2.75, 3.05) is 0 Å². The fourth-order valence-electron chi connectivity index (χ4n) is 2.85. The second-order valence-electron chi connectivity index (χ2n) is 5.84. The van der Waals surface area contributed by atoms with Gasteiger partial charge < -0.3 is 9.40 Å². The zero-order chi connectivity index (χ0) is 19.7. The predicted octanol–water partition coefficient (Wildman–Crippen LogP) is 2.95. The average molecular weight is 376 g/mol. The number of furan rings is 1. The van der Waals surface area contributed by atoms with Gasteiger partial charge in [0, 0.05) is 17.1 Å². The van der Waals surface area contributed by atoms with Crippen molar-refractivity contribution in [2.45, 2.75) is 0 Å². The van der Waals surface area contributed by atoms with E-state index in [9.17, 15) is 19.7 Å². The second kappa shape index (κ2) is 6.80. The Morgan fingerprint density at radius 2 is 1.86 bits per heavy atom. The standard InChI is InChI=1S/C19H12N4O5/c24-18-17(23(26)27)14(21-19(25)22-18)8-6-12-7-9-15(28-12)13-5-1-3-11-4-2-10-20-16(11)13/h1-10H,(H2,21,22,24,25)/b8-6+. The summed E-state index contributed by atoms with van der Waals surface area (Å²) in [5.74, 6) is 0.955. The maximum atomic E-state index is 11.6. The van der Waals surface area contributed by atoms with Crippen LogP contribution in [0, 0.1) is 10.1 Å². The van der Waals surface area contributed by atoms with Crippen molar-refractivity contribution in [3.8, 4) is 11.3 Å². The van der Waals surface area contributed by atoms with Crippen LogP contribution in [0.1, 0.15) is 11.5 Å². The minimum Gasteiger partial charge on any atom is -0.457 e. The summed E-state index contributed by atoms with van der Waals surface area (Å²) in [7, 11) is 0. The molecule has 0 unspecified atom stereocenters. The number of fused-ring (bicyclic) bond motifs is 1. The lowest BCUT2D eigenvalue weighted by atomic mass is 10.1. The van der Waals surface area contributed by atoms with Crippen molar-refractivity contribution in [1.82, 2.24) is 15.0 Å². The summed E-state index contributed by atoms with van der Waals surface area (Å²) in [6.07, 6.45) is 4.37. The number of para-hydroxylation sites is 1. The molecule has 1 aromatic carbocycles. The maximum absolute atomic E-state index is 11.6. The van der Waals surface area contributed by atoms with Crippen molar-refractivity contribution < 1.29 is 9.34 Å². The van der Waals surface area contributed by atoms with Crippen LogP contribution in [0.2, 0.25) is 0 Å². The Morgan fingerprint density at radius 1 is 1.04 bits per heavy atom. The first-order chi connectivity index (χ1) is 13.5. The van der Waals surface area contributed by atoms with E-state index in [1.165, 1.54) is 12.2 Å². The van der Waals surface area contributed by atoms with Gasteiger partial charge in [-0.25, -0.2) is 4.79 Å². The highest BCUT2D eigenvalue weighted by Crippen LogP contribution is 2.29. The van der Waals surface area contributed by atoms with Gasteiger partial charge in [-0.3, -0.25) is 24.9 Å². The van der Waals surface area contributed by atoms with Crippen LogP contribution in [0.25, 0.3) is 34.4 Å². The molecule has 0 bridgehead atoms. The molecule has 4 rings (SSSR count). The third-order valence-corrected chi connectivity index (χ3v) is 4.07. The molecular weight excluding hydrogens is 364 g/mol. The summed E-state index contributed by atoms with van der Waals surface area (Å²) in [5.41, 5.74) is -1.30. The average Bonchev–Trinajstić information content (AvgIpc) is 3.14. The normalized spacial score (nSPS) is 11.3. The molecule has 3 aromatic heterocycles. The van der Waals surface area contributed by atoms with Crippen LogP contribution in [0.4, 0.5) is 5.69 Å². The Hall–Kier alpha value is -4.27. The molecule has 28 heavy (non-hydrogen) atoms. The van der Waals surface area contributed by atoms with Gasteiger partial charge >= 0.3 is 16.9 Å². The molecule has 9 nitrogen and oxygen atoms in total. The lowest BCUT2D eigenvalue weighted by Gasteiger charge is -2.02. The number of benzene rings is 1. The van der Waals surface area contributed by atoms with Gasteiger partial charge in [-0.2, -0.15) is 0 Å². The van der Waals surface area contributed by atoms with Crippen LogP contribution in [-0.2, 0) is 0 Å². The van der Waals surface area contributed by atoms with Crippen LogP contribution in [-0.4, -0.2) is 19.9 Å². The van der Waals surface area contributed by atoms with Crippen LogP contribution in [0.5, 0.6) is 0 Å². The highest BCUT2D eigenvalue weighted by Gasteiger charge is 2.19. The third-order valence-electron chi connectivity index (χ3n) is 4.07. The van der Waals surface area contributed by atoms with Gasteiger partial charge in [0.2, 0.25) is 0 Å². The van der Waals surface area contributed by atoms with Crippen LogP contribution < -0.4 is 11.2 Å². The van der Waals surface area contributed by atoms with E-state index < -0.39 is 21.9 Å².